The van der Waals surface area contributed by atoms with Crippen molar-refractivity contribution in [3.05, 3.63) is 81.9 Å². The van der Waals surface area contributed by atoms with Gasteiger partial charge in [0.1, 0.15) is 5.69 Å². The average molecular weight is 304 g/mol. The van der Waals surface area contributed by atoms with Gasteiger partial charge < -0.3 is 9.97 Å². The number of carbonyl (C=O) groups is 3. The molecule has 0 saturated heterocycles. The van der Waals surface area contributed by atoms with Crippen LogP contribution in [0, 0.1) is 6.92 Å². The predicted octanol–water partition coefficient (Wildman–Crippen LogP) is 2.66. The van der Waals surface area contributed by atoms with Crippen molar-refractivity contribution in [2.24, 2.45) is 0 Å². The molecule has 0 fully saturated rings. The number of rotatable bonds is 2. The highest BCUT2D eigenvalue weighted by Gasteiger charge is 2.37. The normalized spacial score (nSPS) is 12.9. The Kier molecular flexibility index (Phi) is 2.72. The quantitative estimate of drug-likeness (QED) is 0.558. The topological polar surface area (TPSA) is 82.8 Å². The van der Waals surface area contributed by atoms with Crippen LogP contribution >= 0.6 is 0 Å². The third-order valence-corrected chi connectivity index (χ3v) is 4.12. The minimum absolute atomic E-state index is 0.174. The second kappa shape index (κ2) is 4.64. The maximum absolute atomic E-state index is 12.8. The van der Waals surface area contributed by atoms with Crippen LogP contribution in [-0.2, 0) is 0 Å². The predicted molar refractivity (Wildman–Crippen MR) is 83.1 cm³/mol. The molecule has 5 nitrogen and oxygen atoms in total. The van der Waals surface area contributed by atoms with Gasteiger partial charge in [-0.15, -0.1) is 0 Å². The van der Waals surface area contributed by atoms with Crippen LogP contribution in [0.5, 0.6) is 0 Å². The van der Waals surface area contributed by atoms with E-state index in [1.54, 1.807) is 43.5 Å². The van der Waals surface area contributed by atoms with Gasteiger partial charge in [-0.25, -0.2) is 0 Å². The van der Waals surface area contributed by atoms with Crippen molar-refractivity contribution in [1.29, 1.82) is 0 Å². The molecule has 0 bridgehead atoms. The van der Waals surface area contributed by atoms with Crippen molar-refractivity contribution in [2.45, 2.75) is 6.92 Å². The molecule has 0 atom stereocenters. The molecule has 1 aliphatic rings. The molecule has 23 heavy (non-hydrogen) atoms. The molecule has 5 heteroatoms. The first-order valence-corrected chi connectivity index (χ1v) is 7.18. The van der Waals surface area contributed by atoms with Crippen molar-refractivity contribution in [3.8, 4) is 0 Å². The lowest BCUT2D eigenvalue weighted by atomic mass is 9.88. The Morgan fingerprint density at radius 1 is 0.957 bits per heavy atom. The number of fused-ring (bicyclic) bond motifs is 2. The van der Waals surface area contributed by atoms with E-state index in [4.69, 9.17) is 0 Å². The van der Waals surface area contributed by atoms with Crippen molar-refractivity contribution in [3.63, 3.8) is 0 Å². The highest BCUT2D eigenvalue weighted by molar-refractivity contribution is 6.31. The van der Waals surface area contributed by atoms with E-state index in [9.17, 15) is 14.4 Å². The summed E-state index contributed by atoms with van der Waals surface area (Å²) in [6, 6.07) is 10.3. The minimum atomic E-state index is -0.306. The molecule has 0 unspecified atom stereocenters. The van der Waals surface area contributed by atoms with Gasteiger partial charge in [0.05, 0.1) is 22.4 Å². The van der Waals surface area contributed by atoms with Gasteiger partial charge in [0.2, 0.25) is 5.78 Å². The number of aromatic amines is 2. The van der Waals surface area contributed by atoms with Gasteiger partial charge in [-0.05, 0) is 13.0 Å². The average Bonchev–Trinajstić information content (AvgIpc) is 3.18. The Hall–Kier alpha value is -3.21. The Morgan fingerprint density at radius 2 is 1.70 bits per heavy atom. The molecule has 0 saturated carbocycles. The molecular formula is C18H12N2O3. The summed E-state index contributed by atoms with van der Waals surface area (Å²) in [5.41, 5.74) is 2.21. The fourth-order valence-electron chi connectivity index (χ4n) is 3.05. The maximum Gasteiger partial charge on any atom is 0.226 e. The van der Waals surface area contributed by atoms with Gasteiger partial charge in [-0.1, -0.05) is 30.3 Å². The van der Waals surface area contributed by atoms with E-state index >= 15 is 0 Å². The third-order valence-electron chi connectivity index (χ3n) is 4.12. The largest absolute Gasteiger partial charge is 0.358 e. The monoisotopic (exact) mass is 304 g/mol. The number of ketones is 3. The van der Waals surface area contributed by atoms with Crippen LogP contribution in [0.25, 0.3) is 0 Å². The zero-order valence-corrected chi connectivity index (χ0v) is 12.3. The Balaban J connectivity index is 1.94. The van der Waals surface area contributed by atoms with Gasteiger partial charge in [-0.3, -0.25) is 14.4 Å². The summed E-state index contributed by atoms with van der Waals surface area (Å²) in [7, 11) is 0. The van der Waals surface area contributed by atoms with Crippen molar-refractivity contribution < 1.29 is 14.4 Å². The van der Waals surface area contributed by atoms with Crippen LogP contribution in [0.2, 0.25) is 0 Å². The van der Waals surface area contributed by atoms with Crippen LogP contribution in [0.3, 0.4) is 0 Å². The minimum Gasteiger partial charge on any atom is -0.358 e. The van der Waals surface area contributed by atoms with E-state index in [0.29, 0.717) is 16.8 Å². The zero-order chi connectivity index (χ0) is 16.1. The van der Waals surface area contributed by atoms with Gasteiger partial charge >= 0.3 is 0 Å². The molecule has 3 aromatic rings. The van der Waals surface area contributed by atoms with Gasteiger partial charge in [-0.2, -0.15) is 0 Å². The molecule has 2 N–H and O–H groups in total. The first kappa shape index (κ1) is 13.5. The SMILES string of the molecule is Cc1[nH]c2c(c1C(=O)c1ccccc1)C(=O)c1cc[nH]c1C2=O. The summed E-state index contributed by atoms with van der Waals surface area (Å²) in [4.78, 5) is 43.8. The van der Waals surface area contributed by atoms with Crippen molar-refractivity contribution >= 4 is 17.3 Å². The van der Waals surface area contributed by atoms with Gasteiger partial charge in [0.15, 0.2) is 11.6 Å². The number of aryl methyl sites for hydroxylation is 1. The molecule has 1 aromatic carbocycles. The second-order valence-electron chi connectivity index (χ2n) is 5.49. The highest BCUT2D eigenvalue weighted by Crippen LogP contribution is 2.31. The summed E-state index contributed by atoms with van der Waals surface area (Å²) >= 11 is 0. The molecule has 112 valence electrons. The van der Waals surface area contributed by atoms with Crippen LogP contribution in [0.15, 0.2) is 42.6 Å². The summed E-state index contributed by atoms with van der Waals surface area (Å²) in [6.45, 7) is 1.70. The van der Waals surface area contributed by atoms with E-state index in [-0.39, 0.29) is 39.9 Å². The van der Waals surface area contributed by atoms with E-state index in [1.807, 2.05) is 6.07 Å². The number of hydrogen-bond acceptors (Lipinski definition) is 3. The number of aromatic nitrogens is 2. The molecule has 0 radical (unpaired) electrons. The van der Waals surface area contributed by atoms with E-state index in [2.05, 4.69) is 9.97 Å². The van der Waals surface area contributed by atoms with E-state index in [0.717, 1.165) is 0 Å². The molecule has 4 rings (SSSR count). The Labute approximate surface area is 131 Å². The Morgan fingerprint density at radius 3 is 2.43 bits per heavy atom. The Bertz CT molecular complexity index is 977. The first-order chi connectivity index (χ1) is 11.1. The van der Waals surface area contributed by atoms with Crippen LogP contribution in [0.4, 0.5) is 0 Å². The number of benzene rings is 1. The lowest BCUT2D eigenvalue weighted by Crippen LogP contribution is -2.21. The molecule has 0 amide bonds. The smallest absolute Gasteiger partial charge is 0.226 e. The lowest BCUT2D eigenvalue weighted by Gasteiger charge is -2.11. The van der Waals surface area contributed by atoms with Crippen molar-refractivity contribution in [1.82, 2.24) is 9.97 Å². The summed E-state index contributed by atoms with van der Waals surface area (Å²) in [5, 5.41) is 0. The molecule has 0 spiro atoms. The van der Waals surface area contributed by atoms with Crippen LogP contribution in [0.1, 0.15) is 53.7 Å². The summed E-state index contributed by atoms with van der Waals surface area (Å²) in [5.74, 6) is -0.866. The fraction of sp³-hybridized carbons (Fsp3) is 0.0556. The first-order valence-electron chi connectivity index (χ1n) is 7.18. The van der Waals surface area contributed by atoms with Gasteiger partial charge in [0.25, 0.3) is 0 Å². The lowest BCUT2D eigenvalue weighted by molar-refractivity contribution is 0.0969. The highest BCUT2D eigenvalue weighted by atomic mass is 16.1. The molecule has 2 heterocycles. The standard InChI is InChI=1S/C18H12N2O3/c1-9-12(16(21)10-5-3-2-4-6-10)13-15(20-9)18(23)14-11(17(13)22)7-8-19-14/h2-8,19-20H,1H3. The number of hydrogen-bond donors (Lipinski definition) is 2. The number of carbonyl (C=O) groups excluding carboxylic acids is 3. The molecular weight excluding hydrogens is 292 g/mol. The maximum atomic E-state index is 12.8. The molecule has 1 aliphatic carbocycles. The number of H-pyrrole nitrogens is 2. The molecule has 0 aliphatic heterocycles. The zero-order valence-electron chi connectivity index (χ0n) is 12.3. The fourth-order valence-corrected chi connectivity index (χ4v) is 3.05. The van der Waals surface area contributed by atoms with Crippen LogP contribution in [-0.4, -0.2) is 27.3 Å². The van der Waals surface area contributed by atoms with Crippen LogP contribution < -0.4 is 0 Å². The van der Waals surface area contributed by atoms with E-state index < -0.39 is 0 Å². The number of nitrogens with one attached hydrogen (secondary N) is 2. The second-order valence-corrected chi connectivity index (χ2v) is 5.49. The summed E-state index contributed by atoms with van der Waals surface area (Å²) in [6.07, 6.45) is 1.55. The van der Waals surface area contributed by atoms with Gasteiger partial charge in [0, 0.05) is 17.5 Å². The molecule has 2 aromatic heterocycles. The van der Waals surface area contributed by atoms with Crippen molar-refractivity contribution in [2.75, 3.05) is 0 Å². The van der Waals surface area contributed by atoms with E-state index in [1.165, 1.54) is 0 Å². The third kappa shape index (κ3) is 1.76. The summed E-state index contributed by atoms with van der Waals surface area (Å²) < 4.78 is 0.